The van der Waals surface area contributed by atoms with E-state index in [4.69, 9.17) is 0 Å². The van der Waals surface area contributed by atoms with Crippen molar-refractivity contribution in [3.05, 3.63) is 206 Å². The van der Waals surface area contributed by atoms with Crippen LogP contribution in [0.25, 0.3) is 65.3 Å². The zero-order chi connectivity index (χ0) is 39.3. The predicted octanol–water partition coefficient (Wildman–Crippen LogP) is 14.8. The van der Waals surface area contributed by atoms with E-state index < -0.39 is 0 Å². The Balaban J connectivity index is 0.000000159. The van der Waals surface area contributed by atoms with Crippen LogP contribution in [-0.2, 0) is 25.8 Å². The van der Waals surface area contributed by atoms with E-state index in [1.165, 1.54) is 106 Å². The Labute approximate surface area is 363 Å². The SMILES string of the molecule is C[CH-]CCC(=[SiH2])c1ccccc1.Cc1cc2c(-c3cccc4ccccc34)cccc2[cH-]1.Cc1cc2c(-c3cccc4ccccc34)cccc2[cH-]1.[CH2-]CCC.[Hf+4]. The van der Waals surface area contributed by atoms with Gasteiger partial charge >= 0.3 is 25.8 Å². The average molecular weight is 922 g/mol. The van der Waals surface area contributed by atoms with Crippen molar-refractivity contribution in [3.8, 4) is 22.3 Å². The molecule has 0 aliphatic rings. The number of unbranched alkanes of at least 4 members (excludes halogenated alkanes) is 2. The first-order valence-corrected chi connectivity index (χ1v) is 20.7. The molecule has 0 saturated heterocycles. The van der Waals surface area contributed by atoms with Gasteiger partial charge in [0.2, 0.25) is 0 Å². The van der Waals surface area contributed by atoms with Gasteiger partial charge in [-0.05, 0) is 48.1 Å². The fourth-order valence-corrected chi connectivity index (χ4v) is 7.74. The van der Waals surface area contributed by atoms with Gasteiger partial charge in [-0.15, -0.1) is 69.1 Å². The second-order valence-corrected chi connectivity index (χ2v) is 15.4. The third-order valence-corrected chi connectivity index (χ3v) is 11.0. The van der Waals surface area contributed by atoms with Crippen LogP contribution in [0.1, 0.15) is 56.2 Å². The Morgan fingerprint density at radius 1 is 0.544 bits per heavy atom. The van der Waals surface area contributed by atoms with Gasteiger partial charge in [-0.2, -0.15) is 31.9 Å². The molecule has 2 heteroatoms. The third kappa shape index (κ3) is 11.0. The number of hydrogen-bond donors (Lipinski definition) is 0. The van der Waals surface area contributed by atoms with Gasteiger partial charge < -0.3 is 13.3 Å². The van der Waals surface area contributed by atoms with Gasteiger partial charge in [0, 0.05) is 0 Å². The summed E-state index contributed by atoms with van der Waals surface area (Å²) in [6.07, 6.45) is 6.88. The van der Waals surface area contributed by atoms with Gasteiger partial charge in [0.1, 0.15) is 0 Å². The molecular weight excluding hydrogens is 867 g/mol. The fourth-order valence-electron chi connectivity index (χ4n) is 7.30. The second kappa shape index (κ2) is 21.7. The van der Waals surface area contributed by atoms with Crippen molar-refractivity contribution in [2.75, 3.05) is 0 Å². The summed E-state index contributed by atoms with van der Waals surface area (Å²) in [4.78, 5) is 0. The smallest absolute Gasteiger partial charge is 0.343 e. The van der Waals surface area contributed by atoms with Crippen LogP contribution in [0.5, 0.6) is 0 Å². The molecule has 0 N–H and O–H groups in total. The topological polar surface area (TPSA) is 0 Å². The van der Waals surface area contributed by atoms with Gasteiger partial charge in [-0.25, -0.2) is 0 Å². The first-order chi connectivity index (χ1) is 27.4. The molecule has 0 aliphatic carbocycles. The molecule has 0 spiro atoms. The first kappa shape index (κ1) is 43.4. The summed E-state index contributed by atoms with van der Waals surface area (Å²) in [7, 11) is 2.00. The molecular formula is C55H54HfSi. The maximum atomic E-state index is 3.60. The summed E-state index contributed by atoms with van der Waals surface area (Å²) in [5, 5.41) is 12.1. The Morgan fingerprint density at radius 3 is 1.37 bits per heavy atom. The van der Waals surface area contributed by atoms with E-state index >= 15 is 0 Å². The zero-order valence-electron chi connectivity index (χ0n) is 34.1. The van der Waals surface area contributed by atoms with Crippen molar-refractivity contribution in [3.63, 3.8) is 0 Å². The number of fused-ring (bicyclic) bond motifs is 4. The number of rotatable bonds is 7. The van der Waals surface area contributed by atoms with Crippen LogP contribution in [0, 0.1) is 27.2 Å². The number of benzene rings is 7. The number of aryl methyl sites for hydroxylation is 2. The molecule has 0 saturated carbocycles. The molecule has 0 radical (unpaired) electrons. The van der Waals surface area contributed by atoms with Gasteiger partial charge in [0.25, 0.3) is 0 Å². The van der Waals surface area contributed by atoms with E-state index in [0.717, 1.165) is 6.42 Å². The molecule has 0 unspecified atom stereocenters. The average Bonchev–Trinajstić information content (AvgIpc) is 3.84. The van der Waals surface area contributed by atoms with Crippen LogP contribution in [0.4, 0.5) is 0 Å². The minimum absolute atomic E-state index is 0. The van der Waals surface area contributed by atoms with E-state index in [1.54, 1.807) is 0 Å². The van der Waals surface area contributed by atoms with Crippen LogP contribution in [0.3, 0.4) is 0 Å². The van der Waals surface area contributed by atoms with Crippen LogP contribution in [0.2, 0.25) is 0 Å². The van der Waals surface area contributed by atoms with Crippen molar-refractivity contribution in [1.82, 2.24) is 0 Å². The van der Waals surface area contributed by atoms with E-state index in [1.807, 2.05) is 9.85 Å². The largest absolute Gasteiger partial charge is 4.00 e. The molecule has 282 valence electrons. The molecule has 0 amide bonds. The van der Waals surface area contributed by atoms with E-state index in [-0.39, 0.29) is 25.8 Å². The van der Waals surface area contributed by atoms with Crippen molar-refractivity contribution in [2.24, 2.45) is 0 Å². The van der Waals surface area contributed by atoms with Crippen LogP contribution in [-0.4, -0.2) is 15.0 Å². The third-order valence-electron chi connectivity index (χ3n) is 10.2. The van der Waals surface area contributed by atoms with Crippen LogP contribution in [0.15, 0.2) is 176 Å². The summed E-state index contributed by atoms with van der Waals surface area (Å²) in [5.41, 5.74) is 9.33. The van der Waals surface area contributed by atoms with Crippen LogP contribution >= 0.6 is 0 Å². The Kier molecular flexibility index (Phi) is 16.5. The van der Waals surface area contributed by atoms with Crippen molar-refractivity contribution >= 4 is 58.1 Å². The standard InChI is InChI=1S/2C20H15.C11H15Si.C4H9.Hf/c2*1-14-12-16-8-5-11-19(20(16)13-14)18-10-4-7-15-6-2-3-9-17(15)18;1-2-3-9-11(12)10-7-5-4-6-8-10;1-3-4-2;/h2*2-13H,1H3;2,4-8H,3,9,12H2,1H3;1,3-4H2,2H3;/q4*-1;+4. The Bertz CT molecular complexity index is 2470. The maximum absolute atomic E-state index is 3.60. The first-order valence-electron chi connectivity index (χ1n) is 20.0. The normalized spacial score (nSPS) is 10.5. The van der Waals surface area contributed by atoms with Gasteiger partial charge in [0.15, 0.2) is 0 Å². The van der Waals surface area contributed by atoms with Crippen molar-refractivity contribution in [1.29, 1.82) is 0 Å². The predicted molar refractivity (Wildman–Crippen MR) is 253 cm³/mol. The molecule has 57 heavy (non-hydrogen) atoms. The summed E-state index contributed by atoms with van der Waals surface area (Å²) in [6, 6.07) is 63.1. The molecule has 0 atom stereocenters. The number of hydrogen-bond acceptors (Lipinski definition) is 0. The van der Waals surface area contributed by atoms with Crippen molar-refractivity contribution < 1.29 is 25.8 Å². The molecule has 9 rings (SSSR count). The summed E-state index contributed by atoms with van der Waals surface area (Å²) >= 11 is 0. The minimum atomic E-state index is 0. The second-order valence-electron chi connectivity index (χ2n) is 14.5. The zero-order valence-corrected chi connectivity index (χ0v) is 39.1. The molecule has 0 aromatic heterocycles. The maximum Gasteiger partial charge on any atom is 4.00 e. The van der Waals surface area contributed by atoms with Crippen molar-refractivity contribution in [2.45, 2.75) is 53.4 Å². The summed E-state index contributed by atoms with van der Waals surface area (Å²) < 4.78 is 0. The molecule has 0 bridgehead atoms. The van der Waals surface area contributed by atoms with E-state index in [0.29, 0.717) is 0 Å². The summed E-state index contributed by atoms with van der Waals surface area (Å²) in [5.74, 6) is 0. The molecule has 0 nitrogen and oxygen atoms in total. The molecule has 0 fully saturated rings. The molecule has 9 aromatic rings. The van der Waals surface area contributed by atoms with Crippen LogP contribution < -0.4 is 0 Å². The molecule has 0 aliphatic heterocycles. The van der Waals surface area contributed by atoms with Gasteiger partial charge in [0.05, 0.1) is 0 Å². The molecule has 9 aromatic carbocycles. The van der Waals surface area contributed by atoms with Gasteiger partial charge in [-0.1, -0.05) is 177 Å². The van der Waals surface area contributed by atoms with Gasteiger partial charge in [-0.3, -0.25) is 0 Å². The fraction of sp³-hybridized carbons (Fsp3) is 0.145. The summed E-state index contributed by atoms with van der Waals surface area (Å²) in [6.45, 7) is 12.2. The quantitative estimate of drug-likeness (QED) is 0.110. The minimum Gasteiger partial charge on any atom is -0.343 e. The molecule has 0 heterocycles. The van der Waals surface area contributed by atoms with E-state index in [2.05, 4.69) is 217 Å². The monoisotopic (exact) mass is 922 g/mol. The Hall–Kier alpha value is -4.76. The van der Waals surface area contributed by atoms with E-state index in [9.17, 15) is 0 Å². The Morgan fingerprint density at radius 2 is 0.930 bits per heavy atom.